The van der Waals surface area contributed by atoms with Gasteiger partial charge in [0.2, 0.25) is 5.91 Å². The van der Waals surface area contributed by atoms with Crippen molar-refractivity contribution in [1.29, 1.82) is 0 Å². The number of hydrogen-bond acceptors (Lipinski definition) is 3. The minimum atomic E-state index is -0.614. The van der Waals surface area contributed by atoms with Crippen LogP contribution in [0.3, 0.4) is 0 Å². The molecular formula is C14H20BrN3O2S. The van der Waals surface area contributed by atoms with Crippen LogP contribution >= 0.6 is 27.3 Å². The Kier molecular flexibility index (Phi) is 4.93. The van der Waals surface area contributed by atoms with Crippen LogP contribution < -0.4 is 10.6 Å². The maximum Gasteiger partial charge on any atom is 0.317 e. The van der Waals surface area contributed by atoms with Gasteiger partial charge < -0.3 is 15.5 Å². The van der Waals surface area contributed by atoms with Crippen molar-refractivity contribution in [3.05, 3.63) is 20.3 Å². The van der Waals surface area contributed by atoms with Crippen LogP contribution in [0.4, 0.5) is 4.79 Å². The molecule has 2 N–H and O–H groups in total. The van der Waals surface area contributed by atoms with E-state index in [0.717, 1.165) is 10.2 Å². The first-order chi connectivity index (χ1) is 9.83. The van der Waals surface area contributed by atoms with E-state index in [1.165, 1.54) is 10.4 Å². The van der Waals surface area contributed by atoms with Crippen molar-refractivity contribution in [3.8, 4) is 0 Å². The molecule has 1 aromatic rings. The Labute approximate surface area is 137 Å². The van der Waals surface area contributed by atoms with Crippen LogP contribution in [-0.2, 0) is 17.8 Å². The van der Waals surface area contributed by atoms with E-state index < -0.39 is 5.41 Å². The third-order valence-corrected chi connectivity index (χ3v) is 5.33. The molecule has 1 aromatic heterocycles. The molecule has 0 aromatic carbocycles. The standard InChI is InChI=1S/C14H20BrN3O2S/c1-14(2,12(19)16-3)8-17-13(20)18-5-4-9-6-11(15)21-10(9)7-18/h6H,4-5,7-8H2,1-3H3,(H,16,19)(H,17,20). The van der Waals surface area contributed by atoms with Crippen molar-refractivity contribution in [2.75, 3.05) is 20.1 Å². The highest BCUT2D eigenvalue weighted by molar-refractivity contribution is 9.11. The van der Waals surface area contributed by atoms with E-state index in [1.54, 1.807) is 23.3 Å². The van der Waals surface area contributed by atoms with Gasteiger partial charge in [0.15, 0.2) is 0 Å². The number of hydrogen-bond donors (Lipinski definition) is 2. The Bertz CT molecular complexity index is 556. The highest BCUT2D eigenvalue weighted by Gasteiger charge is 2.29. The molecule has 0 aliphatic carbocycles. The molecule has 0 saturated heterocycles. The quantitative estimate of drug-likeness (QED) is 0.853. The number of nitrogens with zero attached hydrogens (tertiary/aromatic N) is 1. The summed E-state index contributed by atoms with van der Waals surface area (Å²) in [6.45, 7) is 5.30. The molecule has 3 amide bonds. The molecule has 0 atom stereocenters. The van der Waals surface area contributed by atoms with Gasteiger partial charge in [-0.2, -0.15) is 0 Å². The van der Waals surface area contributed by atoms with E-state index >= 15 is 0 Å². The molecular weight excluding hydrogens is 354 g/mol. The molecule has 1 aliphatic heterocycles. The second-order valence-corrected chi connectivity index (χ2v) is 8.31. The summed E-state index contributed by atoms with van der Waals surface area (Å²) >= 11 is 5.16. The predicted molar refractivity (Wildman–Crippen MR) is 87.4 cm³/mol. The molecule has 0 bridgehead atoms. The first kappa shape index (κ1) is 16.3. The lowest BCUT2D eigenvalue weighted by molar-refractivity contribution is -0.128. The highest BCUT2D eigenvalue weighted by atomic mass is 79.9. The maximum atomic E-state index is 12.2. The summed E-state index contributed by atoms with van der Waals surface area (Å²) in [4.78, 5) is 27.0. The Balaban J connectivity index is 1.92. The van der Waals surface area contributed by atoms with Gasteiger partial charge in [0.25, 0.3) is 0 Å². The zero-order valence-electron chi connectivity index (χ0n) is 12.5. The molecule has 0 fully saturated rings. The number of rotatable bonds is 3. The van der Waals surface area contributed by atoms with Gasteiger partial charge in [0.05, 0.1) is 15.7 Å². The highest BCUT2D eigenvalue weighted by Crippen LogP contribution is 2.31. The van der Waals surface area contributed by atoms with Gasteiger partial charge >= 0.3 is 6.03 Å². The maximum absolute atomic E-state index is 12.2. The van der Waals surface area contributed by atoms with Crippen LogP contribution in [0.25, 0.3) is 0 Å². The van der Waals surface area contributed by atoms with E-state index in [-0.39, 0.29) is 11.9 Å². The van der Waals surface area contributed by atoms with Crippen LogP contribution in [-0.4, -0.2) is 37.0 Å². The van der Waals surface area contributed by atoms with E-state index in [9.17, 15) is 9.59 Å². The molecule has 2 rings (SSSR count). The van der Waals surface area contributed by atoms with Gasteiger partial charge in [-0.25, -0.2) is 4.79 Å². The lowest BCUT2D eigenvalue weighted by atomic mass is 9.92. The van der Waals surface area contributed by atoms with Crippen molar-refractivity contribution in [2.24, 2.45) is 5.41 Å². The minimum Gasteiger partial charge on any atom is -0.359 e. The summed E-state index contributed by atoms with van der Waals surface area (Å²) < 4.78 is 1.11. The molecule has 0 unspecified atom stereocenters. The summed E-state index contributed by atoms with van der Waals surface area (Å²) in [6, 6.07) is 2.02. The number of urea groups is 1. The monoisotopic (exact) mass is 373 g/mol. The smallest absolute Gasteiger partial charge is 0.317 e. The molecule has 0 radical (unpaired) electrons. The van der Waals surface area contributed by atoms with Crippen LogP contribution in [0, 0.1) is 5.41 Å². The van der Waals surface area contributed by atoms with Gasteiger partial charge in [-0.05, 0) is 47.8 Å². The van der Waals surface area contributed by atoms with Crippen molar-refractivity contribution >= 4 is 39.2 Å². The Morgan fingerprint density at radius 1 is 1.48 bits per heavy atom. The van der Waals surface area contributed by atoms with Crippen LogP contribution in [0.15, 0.2) is 9.85 Å². The molecule has 2 heterocycles. The lowest BCUT2D eigenvalue weighted by Gasteiger charge is -2.29. The van der Waals surface area contributed by atoms with Crippen molar-refractivity contribution in [2.45, 2.75) is 26.8 Å². The van der Waals surface area contributed by atoms with Crippen molar-refractivity contribution in [3.63, 3.8) is 0 Å². The van der Waals surface area contributed by atoms with Gasteiger partial charge in [-0.15, -0.1) is 11.3 Å². The Hall–Kier alpha value is -1.08. The number of halogens is 1. The van der Waals surface area contributed by atoms with Crippen LogP contribution in [0.2, 0.25) is 0 Å². The fourth-order valence-electron chi connectivity index (χ4n) is 2.28. The predicted octanol–water partition coefficient (Wildman–Crippen LogP) is 2.35. The number of nitrogens with one attached hydrogen (secondary N) is 2. The fraction of sp³-hybridized carbons (Fsp3) is 0.571. The number of carbonyl (C=O) groups excluding carboxylic acids is 2. The summed E-state index contributed by atoms with van der Waals surface area (Å²) in [7, 11) is 1.60. The normalized spacial score (nSPS) is 14.6. The van der Waals surface area contributed by atoms with Gasteiger partial charge in [-0.1, -0.05) is 0 Å². The SMILES string of the molecule is CNC(=O)C(C)(C)CNC(=O)N1CCc2cc(Br)sc2C1. The lowest BCUT2D eigenvalue weighted by Crippen LogP contribution is -2.48. The Morgan fingerprint density at radius 2 is 2.19 bits per heavy atom. The molecule has 116 valence electrons. The van der Waals surface area contributed by atoms with Gasteiger partial charge in [0, 0.05) is 25.0 Å². The van der Waals surface area contributed by atoms with Gasteiger partial charge in [-0.3, -0.25) is 4.79 Å². The molecule has 0 spiro atoms. The van der Waals surface area contributed by atoms with Crippen LogP contribution in [0.1, 0.15) is 24.3 Å². The van der Waals surface area contributed by atoms with Crippen LogP contribution in [0.5, 0.6) is 0 Å². The molecule has 0 saturated carbocycles. The average molecular weight is 374 g/mol. The summed E-state index contributed by atoms with van der Waals surface area (Å²) in [5, 5.41) is 5.48. The molecule has 7 heteroatoms. The topological polar surface area (TPSA) is 61.4 Å². The minimum absolute atomic E-state index is 0.0779. The van der Waals surface area contributed by atoms with E-state index in [0.29, 0.717) is 19.6 Å². The van der Waals surface area contributed by atoms with Crippen molar-refractivity contribution in [1.82, 2.24) is 15.5 Å². The van der Waals surface area contributed by atoms with Gasteiger partial charge in [0.1, 0.15) is 0 Å². The number of amides is 3. The van der Waals surface area contributed by atoms with E-state index in [2.05, 4.69) is 32.6 Å². The first-order valence-corrected chi connectivity index (χ1v) is 8.46. The van der Waals surface area contributed by atoms with E-state index in [1.807, 2.05) is 13.8 Å². The van der Waals surface area contributed by atoms with Crippen molar-refractivity contribution < 1.29 is 9.59 Å². The molecule has 21 heavy (non-hydrogen) atoms. The first-order valence-electron chi connectivity index (χ1n) is 6.85. The number of fused-ring (bicyclic) bond motifs is 1. The summed E-state index contributed by atoms with van der Waals surface area (Å²) in [5.74, 6) is -0.0779. The fourth-order valence-corrected chi connectivity index (χ4v) is 4.10. The molecule has 1 aliphatic rings. The zero-order chi connectivity index (χ0) is 15.6. The third kappa shape index (κ3) is 3.77. The largest absolute Gasteiger partial charge is 0.359 e. The second kappa shape index (κ2) is 6.36. The number of thiophene rings is 1. The number of carbonyl (C=O) groups is 2. The Morgan fingerprint density at radius 3 is 2.86 bits per heavy atom. The second-order valence-electron chi connectivity index (χ2n) is 5.79. The zero-order valence-corrected chi connectivity index (χ0v) is 14.9. The molecule has 5 nitrogen and oxygen atoms in total. The summed E-state index contributed by atoms with van der Waals surface area (Å²) in [6.07, 6.45) is 0.879. The third-order valence-electron chi connectivity index (χ3n) is 3.66. The average Bonchev–Trinajstić information content (AvgIpc) is 2.82. The summed E-state index contributed by atoms with van der Waals surface area (Å²) in [5.41, 5.74) is 0.707. The van der Waals surface area contributed by atoms with E-state index in [4.69, 9.17) is 0 Å².